The summed E-state index contributed by atoms with van der Waals surface area (Å²) >= 11 is 0. The van der Waals surface area contributed by atoms with Gasteiger partial charge in [0.2, 0.25) is 0 Å². The van der Waals surface area contributed by atoms with Gasteiger partial charge in [0.1, 0.15) is 11.5 Å². The minimum absolute atomic E-state index is 0.0100. The van der Waals surface area contributed by atoms with Crippen molar-refractivity contribution >= 4 is 0 Å². The second-order valence-electron chi connectivity index (χ2n) is 5.27. The third kappa shape index (κ3) is 4.34. The van der Waals surface area contributed by atoms with Crippen molar-refractivity contribution in [2.24, 2.45) is 5.41 Å². The van der Waals surface area contributed by atoms with Crippen molar-refractivity contribution in [3.8, 4) is 0 Å². The summed E-state index contributed by atoms with van der Waals surface area (Å²) in [5, 5.41) is 2.83. The van der Waals surface area contributed by atoms with E-state index >= 15 is 0 Å². The molecule has 0 radical (unpaired) electrons. The maximum Gasteiger partial charge on any atom is 0.280 e. The van der Waals surface area contributed by atoms with Crippen LogP contribution in [-0.4, -0.2) is 17.0 Å². The van der Waals surface area contributed by atoms with E-state index in [1.165, 1.54) is 6.20 Å². The molecule has 0 aliphatic rings. The first-order valence-corrected chi connectivity index (χ1v) is 5.61. The molecule has 1 heterocycles. The minimum Gasteiger partial charge on any atom is -0.316 e. The number of halogens is 2. The van der Waals surface area contributed by atoms with E-state index in [1.807, 2.05) is 20.8 Å². The van der Waals surface area contributed by atoms with Crippen molar-refractivity contribution in [1.29, 1.82) is 0 Å². The SMILES string of the molecule is CNCc1cnc(CC(C)(C)C)nc1C(F)F. The standard InChI is InChI=1S/C12H19F2N3/c1-12(2,3)5-9-16-7-8(6-15-4)10(17-9)11(13)14/h7,11,15H,5-6H2,1-4H3. The van der Waals surface area contributed by atoms with E-state index in [4.69, 9.17) is 0 Å². The lowest BCUT2D eigenvalue weighted by atomic mass is 9.92. The molecule has 1 rings (SSSR count). The predicted octanol–water partition coefficient (Wildman–Crippen LogP) is 2.72. The lowest BCUT2D eigenvalue weighted by Crippen LogP contribution is -2.16. The molecule has 0 unspecified atom stereocenters. The maximum absolute atomic E-state index is 12.8. The van der Waals surface area contributed by atoms with Gasteiger partial charge < -0.3 is 5.32 Å². The van der Waals surface area contributed by atoms with Crippen molar-refractivity contribution in [3.05, 3.63) is 23.3 Å². The second kappa shape index (κ2) is 5.49. The summed E-state index contributed by atoms with van der Waals surface area (Å²) in [6.45, 7) is 6.44. The van der Waals surface area contributed by atoms with Gasteiger partial charge in [-0.3, -0.25) is 0 Å². The topological polar surface area (TPSA) is 37.8 Å². The molecular formula is C12H19F2N3. The van der Waals surface area contributed by atoms with Crippen LogP contribution in [0, 0.1) is 5.41 Å². The summed E-state index contributed by atoms with van der Waals surface area (Å²) in [5.74, 6) is 0.479. The Labute approximate surface area is 101 Å². The average molecular weight is 243 g/mol. The molecule has 0 saturated heterocycles. The fourth-order valence-electron chi connectivity index (χ4n) is 1.53. The number of nitrogens with zero attached hydrogens (tertiary/aromatic N) is 2. The molecule has 0 bridgehead atoms. The first kappa shape index (κ1) is 14.0. The van der Waals surface area contributed by atoms with Crippen LogP contribution < -0.4 is 5.32 Å². The summed E-state index contributed by atoms with van der Waals surface area (Å²) in [6.07, 6.45) is -0.474. The summed E-state index contributed by atoms with van der Waals surface area (Å²) in [6, 6.07) is 0. The van der Waals surface area contributed by atoms with Gasteiger partial charge in [-0.2, -0.15) is 0 Å². The van der Waals surface area contributed by atoms with Gasteiger partial charge in [-0.1, -0.05) is 20.8 Å². The van der Waals surface area contributed by atoms with Crippen LogP contribution in [-0.2, 0) is 13.0 Å². The number of alkyl halides is 2. The molecule has 0 aliphatic carbocycles. The Bertz CT molecular complexity index is 373. The zero-order valence-corrected chi connectivity index (χ0v) is 10.7. The van der Waals surface area contributed by atoms with E-state index < -0.39 is 6.43 Å². The van der Waals surface area contributed by atoms with Gasteiger partial charge in [-0.25, -0.2) is 18.7 Å². The molecule has 0 spiro atoms. The number of rotatable bonds is 4. The van der Waals surface area contributed by atoms with E-state index in [0.29, 0.717) is 24.4 Å². The number of hydrogen-bond acceptors (Lipinski definition) is 3. The second-order valence-corrected chi connectivity index (χ2v) is 5.27. The maximum atomic E-state index is 12.8. The van der Waals surface area contributed by atoms with Crippen LogP contribution in [0.2, 0.25) is 0 Å². The van der Waals surface area contributed by atoms with Crippen molar-refractivity contribution in [2.75, 3.05) is 7.05 Å². The highest BCUT2D eigenvalue weighted by atomic mass is 19.3. The molecule has 1 aromatic rings. The highest BCUT2D eigenvalue weighted by Gasteiger charge is 2.19. The van der Waals surface area contributed by atoms with Gasteiger partial charge in [-0.05, 0) is 12.5 Å². The van der Waals surface area contributed by atoms with Gasteiger partial charge in [0.25, 0.3) is 6.43 Å². The highest BCUT2D eigenvalue weighted by Crippen LogP contribution is 2.23. The lowest BCUT2D eigenvalue weighted by molar-refractivity contribution is 0.144. The van der Waals surface area contributed by atoms with Crippen LogP contribution in [0.5, 0.6) is 0 Å². The lowest BCUT2D eigenvalue weighted by Gasteiger charge is -2.17. The van der Waals surface area contributed by atoms with Gasteiger partial charge >= 0.3 is 0 Å². The molecule has 5 heteroatoms. The van der Waals surface area contributed by atoms with Crippen molar-refractivity contribution < 1.29 is 8.78 Å². The molecule has 0 saturated carbocycles. The van der Waals surface area contributed by atoms with Gasteiger partial charge in [0, 0.05) is 24.7 Å². The Hall–Kier alpha value is -1.10. The molecule has 0 atom stereocenters. The van der Waals surface area contributed by atoms with Gasteiger partial charge in [0.15, 0.2) is 0 Å². The summed E-state index contributed by atoms with van der Waals surface area (Å²) in [7, 11) is 1.71. The Morgan fingerprint density at radius 1 is 1.35 bits per heavy atom. The summed E-state index contributed by atoms with van der Waals surface area (Å²) in [5.41, 5.74) is 0.290. The number of aromatic nitrogens is 2. The van der Waals surface area contributed by atoms with Crippen LogP contribution in [0.15, 0.2) is 6.20 Å². The predicted molar refractivity (Wildman–Crippen MR) is 62.9 cm³/mol. The fraction of sp³-hybridized carbons (Fsp3) is 0.667. The fourth-order valence-corrected chi connectivity index (χ4v) is 1.53. The van der Waals surface area contributed by atoms with Crippen molar-refractivity contribution in [1.82, 2.24) is 15.3 Å². The van der Waals surface area contributed by atoms with Crippen LogP contribution in [0.1, 0.15) is 44.3 Å². The minimum atomic E-state index is -2.56. The van der Waals surface area contributed by atoms with Crippen LogP contribution in [0.25, 0.3) is 0 Å². The van der Waals surface area contributed by atoms with E-state index in [1.54, 1.807) is 7.05 Å². The van der Waals surface area contributed by atoms with Crippen molar-refractivity contribution in [2.45, 2.75) is 40.2 Å². The zero-order chi connectivity index (χ0) is 13.1. The van der Waals surface area contributed by atoms with E-state index in [0.717, 1.165) is 0 Å². The first-order chi connectivity index (χ1) is 7.83. The summed E-state index contributed by atoms with van der Waals surface area (Å²) in [4.78, 5) is 8.12. The molecule has 17 heavy (non-hydrogen) atoms. The third-order valence-electron chi connectivity index (χ3n) is 2.21. The number of nitrogens with one attached hydrogen (secondary N) is 1. The molecule has 0 aromatic carbocycles. The Morgan fingerprint density at radius 2 is 2.00 bits per heavy atom. The van der Waals surface area contributed by atoms with E-state index in [2.05, 4.69) is 15.3 Å². The quantitative estimate of drug-likeness (QED) is 0.883. The van der Waals surface area contributed by atoms with E-state index in [-0.39, 0.29) is 11.1 Å². The molecular weight excluding hydrogens is 224 g/mol. The molecule has 1 aromatic heterocycles. The molecule has 0 aliphatic heterocycles. The first-order valence-electron chi connectivity index (χ1n) is 5.61. The highest BCUT2D eigenvalue weighted by molar-refractivity contribution is 5.19. The molecule has 1 N–H and O–H groups in total. The van der Waals surface area contributed by atoms with Crippen LogP contribution in [0.4, 0.5) is 8.78 Å². The van der Waals surface area contributed by atoms with E-state index in [9.17, 15) is 8.78 Å². The Balaban J connectivity index is 3.01. The Morgan fingerprint density at radius 3 is 2.47 bits per heavy atom. The normalized spacial score (nSPS) is 12.2. The smallest absolute Gasteiger partial charge is 0.280 e. The van der Waals surface area contributed by atoms with Gasteiger partial charge in [-0.15, -0.1) is 0 Å². The largest absolute Gasteiger partial charge is 0.316 e. The molecule has 0 amide bonds. The van der Waals surface area contributed by atoms with Gasteiger partial charge in [0.05, 0.1) is 0 Å². The van der Waals surface area contributed by atoms with Crippen LogP contribution in [0.3, 0.4) is 0 Å². The van der Waals surface area contributed by atoms with Crippen molar-refractivity contribution in [3.63, 3.8) is 0 Å². The molecule has 3 nitrogen and oxygen atoms in total. The molecule has 96 valence electrons. The van der Waals surface area contributed by atoms with Crippen LogP contribution >= 0.6 is 0 Å². The molecule has 0 fully saturated rings. The summed E-state index contributed by atoms with van der Waals surface area (Å²) < 4.78 is 25.7. The third-order valence-corrected chi connectivity index (χ3v) is 2.21. The average Bonchev–Trinajstić information content (AvgIpc) is 2.18. The number of hydrogen-bond donors (Lipinski definition) is 1. The monoisotopic (exact) mass is 243 g/mol. The Kier molecular flexibility index (Phi) is 4.51. The zero-order valence-electron chi connectivity index (χ0n) is 10.7.